The summed E-state index contributed by atoms with van der Waals surface area (Å²) >= 11 is 0. The van der Waals surface area contributed by atoms with Crippen LogP contribution in [0, 0.1) is 0 Å². The molecule has 0 radical (unpaired) electrons. The Kier molecular flexibility index (Phi) is 5.49. The first-order valence-electron chi connectivity index (χ1n) is 9.47. The fraction of sp³-hybridized carbons (Fsp3) is 0.300. The molecule has 0 N–H and O–H groups in total. The molecule has 31 heavy (non-hydrogen) atoms. The van der Waals surface area contributed by atoms with E-state index in [1.54, 1.807) is 24.4 Å². The van der Waals surface area contributed by atoms with Gasteiger partial charge in [0.15, 0.2) is 11.3 Å². The van der Waals surface area contributed by atoms with Crippen molar-refractivity contribution in [2.45, 2.75) is 19.0 Å². The van der Waals surface area contributed by atoms with Crippen LogP contribution in [0.1, 0.15) is 18.5 Å². The Bertz CT molecular complexity index is 1100. The number of urea groups is 1. The molecule has 0 atom stereocenters. The molecule has 1 aliphatic heterocycles. The Morgan fingerprint density at radius 2 is 2.00 bits per heavy atom. The molecule has 2 aromatic heterocycles. The van der Waals surface area contributed by atoms with E-state index in [2.05, 4.69) is 10.1 Å². The fourth-order valence-electron chi connectivity index (χ4n) is 3.26. The molecular formula is C20H17F3N4O4. The molecule has 3 amide bonds. The summed E-state index contributed by atoms with van der Waals surface area (Å²) in [6.45, 7) is 0.551. The summed E-state index contributed by atoms with van der Waals surface area (Å²) in [5.41, 5.74) is -1.13. The van der Waals surface area contributed by atoms with Crippen LogP contribution in [0.3, 0.4) is 0 Å². The van der Waals surface area contributed by atoms with Crippen LogP contribution >= 0.6 is 0 Å². The molecule has 0 unspecified atom stereocenters. The Balaban J connectivity index is 1.34. The Hall–Kier alpha value is -3.63. The molecule has 1 fully saturated rings. The molecule has 11 heteroatoms. The highest BCUT2D eigenvalue weighted by molar-refractivity contribution is 6.05. The lowest BCUT2D eigenvalue weighted by Gasteiger charge is -2.33. The molecule has 3 heterocycles. The van der Waals surface area contributed by atoms with Gasteiger partial charge < -0.3 is 9.26 Å². The van der Waals surface area contributed by atoms with Crippen LogP contribution in [-0.4, -0.2) is 46.7 Å². The number of anilines is 1. The molecule has 1 saturated heterocycles. The van der Waals surface area contributed by atoms with Gasteiger partial charge in [0.25, 0.3) is 0 Å². The van der Waals surface area contributed by atoms with Crippen molar-refractivity contribution in [3.05, 3.63) is 48.3 Å². The van der Waals surface area contributed by atoms with Gasteiger partial charge in [-0.3, -0.25) is 14.6 Å². The van der Waals surface area contributed by atoms with E-state index in [9.17, 15) is 22.8 Å². The smallest absolute Gasteiger partial charge is 0.437 e. The van der Waals surface area contributed by atoms with Crippen molar-refractivity contribution in [3.8, 4) is 5.75 Å². The van der Waals surface area contributed by atoms with E-state index in [-0.39, 0.29) is 43.0 Å². The molecule has 0 spiro atoms. The highest BCUT2D eigenvalue weighted by Crippen LogP contribution is 2.35. The zero-order valence-electron chi connectivity index (χ0n) is 16.1. The van der Waals surface area contributed by atoms with Crippen LogP contribution in [0.25, 0.3) is 11.0 Å². The second-order valence-electron chi connectivity index (χ2n) is 6.81. The topological polar surface area (TPSA) is 88.8 Å². The number of benzene rings is 1. The first-order valence-corrected chi connectivity index (χ1v) is 9.47. The zero-order valence-corrected chi connectivity index (χ0v) is 16.1. The van der Waals surface area contributed by atoms with Gasteiger partial charge in [-0.05, 0) is 30.7 Å². The molecule has 0 aliphatic carbocycles. The highest BCUT2D eigenvalue weighted by atomic mass is 19.4. The second-order valence-corrected chi connectivity index (χ2v) is 6.81. The summed E-state index contributed by atoms with van der Waals surface area (Å²) in [6, 6.07) is 8.67. The highest BCUT2D eigenvalue weighted by Gasteiger charge is 2.37. The van der Waals surface area contributed by atoms with Crippen molar-refractivity contribution in [1.29, 1.82) is 0 Å². The van der Waals surface area contributed by atoms with E-state index in [0.717, 1.165) is 4.90 Å². The van der Waals surface area contributed by atoms with Crippen LogP contribution in [0.5, 0.6) is 5.75 Å². The minimum Gasteiger partial charge on any atom is -0.493 e. The molecule has 162 valence electrons. The van der Waals surface area contributed by atoms with E-state index >= 15 is 0 Å². The van der Waals surface area contributed by atoms with Crippen LogP contribution in [0.2, 0.25) is 0 Å². The average Bonchev–Trinajstić information content (AvgIpc) is 3.17. The molecule has 1 aromatic carbocycles. The van der Waals surface area contributed by atoms with Gasteiger partial charge in [0.1, 0.15) is 11.6 Å². The van der Waals surface area contributed by atoms with Crippen molar-refractivity contribution in [1.82, 2.24) is 15.0 Å². The maximum Gasteiger partial charge on any atom is 0.437 e. The lowest BCUT2D eigenvalue weighted by Crippen LogP contribution is -2.53. The number of carbonyl (C=O) groups is 2. The molecule has 0 bridgehead atoms. The minimum atomic E-state index is -4.61. The molecular weight excluding hydrogens is 417 g/mol. The van der Waals surface area contributed by atoms with Crippen LogP contribution < -0.4 is 9.64 Å². The predicted molar refractivity (Wildman–Crippen MR) is 102 cm³/mol. The van der Waals surface area contributed by atoms with E-state index in [1.807, 2.05) is 0 Å². The number of aromatic nitrogens is 2. The predicted octanol–water partition coefficient (Wildman–Crippen LogP) is 3.87. The molecule has 4 rings (SSSR count). The van der Waals surface area contributed by atoms with Crippen molar-refractivity contribution < 1.29 is 32.0 Å². The van der Waals surface area contributed by atoms with Gasteiger partial charge in [-0.25, -0.2) is 9.78 Å². The number of pyridine rings is 1. The number of ether oxygens (including phenoxy) is 1. The van der Waals surface area contributed by atoms with Crippen LogP contribution in [-0.2, 0) is 11.0 Å². The summed E-state index contributed by atoms with van der Waals surface area (Å²) in [5.74, 6) is 0.489. The number of fused-ring (bicyclic) bond motifs is 1. The van der Waals surface area contributed by atoms with Gasteiger partial charge in [0.05, 0.1) is 12.0 Å². The normalized spacial score (nSPS) is 15.1. The standard InChI is InChI=1S/C20H17F3N4O4/c21-20(22,23)18-14-6-5-13(12-15(14)31-25-18)30-11-3-9-27-17(28)7-10-26(19(27)29)16-4-1-2-8-24-16/h1-2,4-6,8,12H,3,7,9-11H2. The summed E-state index contributed by atoms with van der Waals surface area (Å²) < 4.78 is 48.8. The third-order valence-electron chi connectivity index (χ3n) is 4.74. The maximum absolute atomic E-state index is 12.9. The fourth-order valence-corrected chi connectivity index (χ4v) is 3.26. The van der Waals surface area contributed by atoms with Crippen LogP contribution in [0.15, 0.2) is 47.1 Å². The monoisotopic (exact) mass is 434 g/mol. The van der Waals surface area contributed by atoms with E-state index in [0.29, 0.717) is 18.0 Å². The van der Waals surface area contributed by atoms with E-state index in [1.165, 1.54) is 23.1 Å². The van der Waals surface area contributed by atoms with Gasteiger partial charge in [-0.15, -0.1) is 0 Å². The van der Waals surface area contributed by atoms with Gasteiger partial charge in [-0.2, -0.15) is 13.2 Å². The molecule has 0 saturated carbocycles. The number of amides is 3. The molecule has 8 nitrogen and oxygen atoms in total. The van der Waals surface area contributed by atoms with E-state index in [4.69, 9.17) is 9.26 Å². The number of nitrogens with zero attached hydrogens (tertiary/aromatic N) is 4. The first-order chi connectivity index (χ1) is 14.8. The van der Waals surface area contributed by atoms with Gasteiger partial charge >= 0.3 is 12.2 Å². The van der Waals surface area contributed by atoms with Gasteiger partial charge in [-0.1, -0.05) is 11.2 Å². The first kappa shape index (κ1) is 20.6. The number of hydrogen-bond acceptors (Lipinski definition) is 6. The van der Waals surface area contributed by atoms with Crippen molar-refractivity contribution in [2.75, 3.05) is 24.6 Å². The number of carbonyl (C=O) groups excluding carboxylic acids is 2. The number of halogens is 3. The van der Waals surface area contributed by atoms with Crippen molar-refractivity contribution >= 4 is 28.7 Å². The molecule has 3 aromatic rings. The third-order valence-corrected chi connectivity index (χ3v) is 4.74. The van der Waals surface area contributed by atoms with E-state index < -0.39 is 17.9 Å². The number of rotatable bonds is 6. The average molecular weight is 434 g/mol. The maximum atomic E-state index is 12.9. The molecule has 1 aliphatic rings. The number of hydrogen-bond donors (Lipinski definition) is 0. The summed E-state index contributed by atoms with van der Waals surface area (Å²) in [6.07, 6.45) is -2.51. The number of imide groups is 1. The minimum absolute atomic E-state index is 0.0442. The Labute approximate surface area is 174 Å². The zero-order chi connectivity index (χ0) is 22.0. The van der Waals surface area contributed by atoms with Crippen molar-refractivity contribution in [2.24, 2.45) is 0 Å². The summed E-state index contributed by atoms with van der Waals surface area (Å²) in [4.78, 5) is 31.6. The van der Waals surface area contributed by atoms with Gasteiger partial charge in [0, 0.05) is 31.8 Å². The lowest BCUT2D eigenvalue weighted by atomic mass is 10.2. The number of alkyl halides is 3. The quantitative estimate of drug-likeness (QED) is 0.548. The van der Waals surface area contributed by atoms with Crippen LogP contribution in [0.4, 0.5) is 23.8 Å². The SMILES string of the molecule is O=C1CCN(c2ccccn2)C(=O)N1CCCOc1ccc2c(C(F)(F)F)noc2c1. The van der Waals surface area contributed by atoms with Gasteiger partial charge in [0.2, 0.25) is 5.91 Å². The largest absolute Gasteiger partial charge is 0.493 e. The summed E-state index contributed by atoms with van der Waals surface area (Å²) in [5, 5.41) is 2.91. The Morgan fingerprint density at radius 1 is 1.16 bits per heavy atom. The second kappa shape index (κ2) is 8.25. The summed E-state index contributed by atoms with van der Waals surface area (Å²) in [7, 11) is 0. The lowest BCUT2D eigenvalue weighted by molar-refractivity contribution is -0.141. The van der Waals surface area contributed by atoms with Crippen molar-refractivity contribution in [3.63, 3.8) is 0 Å². The third kappa shape index (κ3) is 4.30. The Morgan fingerprint density at radius 3 is 2.74 bits per heavy atom.